The standard InChI is InChI=1S/C25H31N3O5S/c1-15-7-8-18(34-15)13-25(22(29)26(3)24(31)27(4)23(25)30)14-28-10-9-17-11-20(32-5)21(33-6)12-19(17)16(28)2/h7-8,11-12,16H,9-10,13-14H2,1-6H3/p+1/t16-/m1/s1. The lowest BCUT2D eigenvalue weighted by molar-refractivity contribution is -0.935. The van der Waals surface area contributed by atoms with Gasteiger partial charge < -0.3 is 14.4 Å². The van der Waals surface area contributed by atoms with Crippen LogP contribution in [0, 0.1) is 12.3 Å². The first-order valence-corrected chi connectivity index (χ1v) is 12.2. The summed E-state index contributed by atoms with van der Waals surface area (Å²) in [5, 5.41) is 0. The number of aryl methyl sites for hydroxylation is 1. The first-order chi connectivity index (χ1) is 16.1. The second-order valence-electron chi connectivity index (χ2n) is 9.24. The maximum Gasteiger partial charge on any atom is 0.332 e. The van der Waals surface area contributed by atoms with E-state index in [1.807, 2.05) is 31.2 Å². The van der Waals surface area contributed by atoms with Crippen LogP contribution in [0.3, 0.4) is 0 Å². The van der Waals surface area contributed by atoms with Crippen molar-refractivity contribution in [2.24, 2.45) is 5.41 Å². The number of ether oxygens (including phenoxy) is 2. The number of nitrogens with one attached hydrogen (secondary N) is 1. The van der Waals surface area contributed by atoms with E-state index in [1.165, 1.54) is 19.7 Å². The molecule has 1 N–H and O–H groups in total. The number of hydrogen-bond acceptors (Lipinski definition) is 6. The van der Waals surface area contributed by atoms with Gasteiger partial charge in [0, 0.05) is 42.3 Å². The first-order valence-electron chi connectivity index (χ1n) is 11.4. The zero-order valence-electron chi connectivity index (χ0n) is 20.6. The average molecular weight is 487 g/mol. The summed E-state index contributed by atoms with van der Waals surface area (Å²) in [4.78, 5) is 45.2. The Bertz CT molecular complexity index is 1120. The van der Waals surface area contributed by atoms with E-state index in [-0.39, 0.29) is 12.5 Å². The molecule has 1 aromatic carbocycles. The Morgan fingerprint density at radius 2 is 1.68 bits per heavy atom. The van der Waals surface area contributed by atoms with Crippen molar-refractivity contribution in [1.82, 2.24) is 9.80 Å². The fourth-order valence-corrected chi connectivity index (χ4v) is 6.30. The van der Waals surface area contributed by atoms with Crippen LogP contribution in [0.15, 0.2) is 24.3 Å². The van der Waals surface area contributed by atoms with Crippen molar-refractivity contribution >= 4 is 29.2 Å². The monoisotopic (exact) mass is 486 g/mol. The van der Waals surface area contributed by atoms with Crippen LogP contribution in [0.1, 0.15) is 33.8 Å². The third-order valence-electron chi connectivity index (χ3n) is 7.24. The number of hydrogen-bond donors (Lipinski definition) is 1. The van der Waals surface area contributed by atoms with E-state index in [1.54, 1.807) is 25.6 Å². The largest absolute Gasteiger partial charge is 0.493 e. The van der Waals surface area contributed by atoms with Gasteiger partial charge in [-0.15, -0.1) is 11.3 Å². The highest BCUT2D eigenvalue weighted by Crippen LogP contribution is 2.36. The number of amides is 4. The Morgan fingerprint density at radius 1 is 1.06 bits per heavy atom. The Morgan fingerprint density at radius 3 is 2.24 bits per heavy atom. The summed E-state index contributed by atoms with van der Waals surface area (Å²) in [7, 11) is 6.16. The summed E-state index contributed by atoms with van der Waals surface area (Å²) >= 11 is 1.58. The van der Waals surface area contributed by atoms with Gasteiger partial charge in [-0.3, -0.25) is 19.4 Å². The summed E-state index contributed by atoms with van der Waals surface area (Å²) in [6, 6.07) is 7.43. The molecule has 1 fully saturated rings. The van der Waals surface area contributed by atoms with Crippen LogP contribution >= 0.6 is 11.3 Å². The lowest BCUT2D eigenvalue weighted by Crippen LogP contribution is -3.15. The number of imide groups is 2. The molecule has 4 rings (SSSR count). The van der Waals surface area contributed by atoms with Crippen LogP contribution in [0.4, 0.5) is 4.79 Å². The highest BCUT2D eigenvalue weighted by atomic mass is 32.1. The number of benzene rings is 1. The number of methoxy groups -OCH3 is 2. The minimum atomic E-state index is -1.34. The third kappa shape index (κ3) is 3.86. The van der Waals surface area contributed by atoms with Crippen LogP contribution < -0.4 is 14.4 Å². The molecule has 0 aliphatic carbocycles. The van der Waals surface area contributed by atoms with Crippen LogP contribution in [-0.2, 0) is 22.4 Å². The molecule has 2 aromatic rings. The van der Waals surface area contributed by atoms with E-state index >= 15 is 0 Å². The number of carbonyl (C=O) groups is 3. The molecule has 0 saturated carbocycles. The lowest BCUT2D eigenvalue weighted by atomic mass is 9.77. The lowest BCUT2D eigenvalue weighted by Gasteiger charge is -2.44. The SMILES string of the molecule is COc1cc2c(cc1OC)[C@@H](C)[NH+](CC1(Cc3ccc(C)s3)C(=O)N(C)C(=O)N(C)C1=O)CC2. The Kier molecular flexibility index (Phi) is 6.44. The van der Waals surface area contributed by atoms with E-state index < -0.39 is 23.3 Å². The number of rotatable bonds is 6. The fraction of sp³-hybridized carbons (Fsp3) is 0.480. The van der Waals surface area contributed by atoms with Crippen LogP contribution in [-0.4, -0.2) is 69.0 Å². The van der Waals surface area contributed by atoms with Crippen LogP contribution in [0.5, 0.6) is 11.5 Å². The van der Waals surface area contributed by atoms with Crippen LogP contribution in [0.2, 0.25) is 0 Å². The zero-order chi connectivity index (χ0) is 24.8. The molecule has 1 unspecified atom stereocenters. The normalized spacial score (nSPS) is 22.1. The predicted octanol–water partition coefficient (Wildman–Crippen LogP) is 1.86. The summed E-state index contributed by atoms with van der Waals surface area (Å²) in [5.74, 6) is 0.503. The van der Waals surface area contributed by atoms with Gasteiger partial charge in [0.15, 0.2) is 16.9 Å². The fourth-order valence-electron chi connectivity index (χ4n) is 5.29. The molecule has 8 nitrogen and oxygen atoms in total. The molecule has 3 heterocycles. The molecular formula is C25H32N3O5S+. The van der Waals surface area contributed by atoms with Gasteiger partial charge in [0.05, 0.1) is 20.8 Å². The number of thiophene rings is 1. The van der Waals surface area contributed by atoms with Crippen molar-refractivity contribution in [2.45, 2.75) is 32.7 Å². The number of quaternary nitrogens is 1. The number of nitrogens with zero attached hydrogens (tertiary/aromatic N) is 2. The van der Waals surface area contributed by atoms with Crippen molar-refractivity contribution in [3.63, 3.8) is 0 Å². The van der Waals surface area contributed by atoms with Gasteiger partial charge in [0.25, 0.3) is 11.8 Å². The Balaban J connectivity index is 1.73. The highest BCUT2D eigenvalue weighted by molar-refractivity contribution is 7.11. The van der Waals surface area contributed by atoms with Crippen molar-refractivity contribution in [2.75, 3.05) is 41.4 Å². The molecule has 182 valence electrons. The molecule has 4 amide bonds. The molecular weight excluding hydrogens is 454 g/mol. The maximum atomic E-state index is 13.6. The number of fused-ring (bicyclic) bond motifs is 1. The molecule has 9 heteroatoms. The van der Waals surface area contributed by atoms with Crippen molar-refractivity contribution in [3.05, 3.63) is 45.1 Å². The molecule has 1 saturated heterocycles. The highest BCUT2D eigenvalue weighted by Gasteiger charge is 2.58. The molecule has 1 aromatic heterocycles. The Labute approximate surface area is 204 Å². The minimum Gasteiger partial charge on any atom is -0.493 e. The van der Waals surface area contributed by atoms with Gasteiger partial charge in [0.1, 0.15) is 12.6 Å². The summed E-state index contributed by atoms with van der Waals surface area (Å²) in [6.07, 6.45) is 1.07. The van der Waals surface area contributed by atoms with E-state index in [9.17, 15) is 14.4 Å². The minimum absolute atomic E-state index is 0.0272. The average Bonchev–Trinajstić information content (AvgIpc) is 3.25. The quantitative estimate of drug-likeness (QED) is 0.631. The smallest absolute Gasteiger partial charge is 0.332 e. The second-order valence-corrected chi connectivity index (χ2v) is 10.6. The predicted molar refractivity (Wildman–Crippen MR) is 128 cm³/mol. The second kappa shape index (κ2) is 9.03. The van der Waals surface area contributed by atoms with E-state index in [2.05, 4.69) is 6.92 Å². The zero-order valence-corrected chi connectivity index (χ0v) is 21.4. The van der Waals surface area contributed by atoms with Crippen molar-refractivity contribution in [1.29, 1.82) is 0 Å². The van der Waals surface area contributed by atoms with Gasteiger partial charge >= 0.3 is 6.03 Å². The van der Waals surface area contributed by atoms with Crippen LogP contribution in [0.25, 0.3) is 0 Å². The Hall–Kier alpha value is -2.91. The van der Waals surface area contributed by atoms with Gasteiger partial charge in [0.2, 0.25) is 0 Å². The summed E-state index contributed by atoms with van der Waals surface area (Å²) in [5.41, 5.74) is 0.962. The van der Waals surface area contributed by atoms with Crippen molar-refractivity contribution in [3.8, 4) is 11.5 Å². The van der Waals surface area contributed by atoms with E-state index in [4.69, 9.17) is 9.47 Å². The number of carbonyl (C=O) groups excluding carboxylic acids is 3. The van der Waals surface area contributed by atoms with E-state index in [0.29, 0.717) is 18.0 Å². The molecule has 34 heavy (non-hydrogen) atoms. The molecule has 2 aliphatic heterocycles. The molecule has 0 bridgehead atoms. The molecule has 0 radical (unpaired) electrons. The summed E-state index contributed by atoms with van der Waals surface area (Å²) in [6.45, 7) is 5.18. The molecule has 0 spiro atoms. The molecule has 2 aliphatic rings. The van der Waals surface area contributed by atoms with Crippen molar-refractivity contribution < 1.29 is 28.8 Å². The topological polar surface area (TPSA) is 80.6 Å². The molecule has 2 atom stereocenters. The first kappa shape index (κ1) is 24.2. The van der Waals surface area contributed by atoms with Gasteiger partial charge in [-0.05, 0) is 43.7 Å². The summed E-state index contributed by atoms with van der Waals surface area (Å²) < 4.78 is 11.0. The van der Waals surface area contributed by atoms with Gasteiger partial charge in [-0.1, -0.05) is 0 Å². The number of barbiturate groups is 1. The maximum absolute atomic E-state index is 13.6. The number of urea groups is 1. The van der Waals surface area contributed by atoms with Gasteiger partial charge in [-0.2, -0.15) is 0 Å². The van der Waals surface area contributed by atoms with E-state index in [0.717, 1.165) is 43.0 Å². The van der Waals surface area contributed by atoms with Gasteiger partial charge in [-0.25, -0.2) is 4.79 Å². The third-order valence-corrected chi connectivity index (χ3v) is 8.24.